The summed E-state index contributed by atoms with van der Waals surface area (Å²) in [5.74, 6) is 1.52. The summed E-state index contributed by atoms with van der Waals surface area (Å²) in [6, 6.07) is 23.8. The fourth-order valence-corrected chi connectivity index (χ4v) is 7.73. The van der Waals surface area contributed by atoms with Gasteiger partial charge in [-0.2, -0.15) is 0 Å². The van der Waals surface area contributed by atoms with Crippen molar-refractivity contribution in [1.29, 1.82) is 0 Å². The molecule has 0 fully saturated rings. The Morgan fingerprint density at radius 1 is 0.500 bits per heavy atom. The highest BCUT2D eigenvalue weighted by molar-refractivity contribution is 5.73. The van der Waals surface area contributed by atoms with Crippen molar-refractivity contribution in [3.63, 3.8) is 0 Å². The predicted molar refractivity (Wildman–Crippen MR) is 236 cm³/mol. The summed E-state index contributed by atoms with van der Waals surface area (Å²) in [7, 11) is 0. The molecule has 7 heteroatoms. The lowest BCUT2D eigenvalue weighted by Crippen LogP contribution is -2.32. The van der Waals surface area contributed by atoms with E-state index >= 15 is 0 Å². The van der Waals surface area contributed by atoms with E-state index < -0.39 is 10.8 Å². The van der Waals surface area contributed by atoms with Gasteiger partial charge in [-0.3, -0.25) is 4.79 Å². The summed E-state index contributed by atoms with van der Waals surface area (Å²) in [5, 5.41) is 32.8. The fraction of sp³-hybridized carbons (Fsp3) is 0.510. The van der Waals surface area contributed by atoms with Gasteiger partial charge in [0.25, 0.3) is 0 Å². The molecule has 0 aromatic heterocycles. The molecule has 58 heavy (non-hydrogen) atoms. The number of ether oxygens (including phenoxy) is 3. The Labute approximate surface area is 348 Å². The number of aliphatic hydroxyl groups excluding tert-OH is 1. The van der Waals surface area contributed by atoms with Gasteiger partial charge in [-0.05, 0) is 67.2 Å². The molecule has 0 radical (unpaired) electrons. The highest BCUT2D eigenvalue weighted by atomic mass is 16.6. The lowest BCUT2D eigenvalue weighted by Gasteiger charge is -2.37. The summed E-state index contributed by atoms with van der Waals surface area (Å²) in [6.45, 7) is 31.6. The molecule has 0 unspecified atom stereocenters. The molecular formula is C51H70O7. The van der Waals surface area contributed by atoms with Crippen molar-refractivity contribution in [1.82, 2.24) is 0 Å². The minimum absolute atomic E-state index is 0.0110. The molecular weight excluding hydrogens is 725 g/mol. The van der Waals surface area contributed by atoms with Gasteiger partial charge in [-0.1, -0.05) is 165 Å². The maximum atomic E-state index is 14.2. The first-order valence-corrected chi connectivity index (χ1v) is 20.6. The zero-order chi connectivity index (χ0) is 43.6. The number of para-hydroxylation sites is 2. The van der Waals surface area contributed by atoms with Crippen molar-refractivity contribution in [2.75, 3.05) is 26.4 Å². The van der Waals surface area contributed by atoms with Crippen molar-refractivity contribution in [3.8, 4) is 23.0 Å². The Morgan fingerprint density at radius 2 is 0.845 bits per heavy atom. The molecule has 0 heterocycles. The number of phenolic OH excluding ortho intramolecular Hbond substituents is 2. The van der Waals surface area contributed by atoms with Crippen molar-refractivity contribution < 1.29 is 34.3 Å². The normalized spacial score (nSPS) is 13.0. The largest absolute Gasteiger partial charge is 0.507 e. The van der Waals surface area contributed by atoms with Crippen LogP contribution in [0.25, 0.3) is 0 Å². The van der Waals surface area contributed by atoms with Gasteiger partial charge in [0.1, 0.15) is 42.8 Å². The first-order chi connectivity index (χ1) is 26.6. The van der Waals surface area contributed by atoms with Crippen molar-refractivity contribution in [2.45, 2.75) is 143 Å². The maximum Gasteiger partial charge on any atom is 0.307 e. The third-order valence-corrected chi connectivity index (χ3v) is 11.3. The quantitative estimate of drug-likeness (QED) is 0.0914. The van der Waals surface area contributed by atoms with Crippen LogP contribution >= 0.6 is 0 Å². The van der Waals surface area contributed by atoms with E-state index in [0.717, 1.165) is 44.5 Å². The number of hydrogen-bond donors (Lipinski definition) is 3. The lowest BCUT2D eigenvalue weighted by atomic mass is 9.67. The Kier molecular flexibility index (Phi) is 13.5. The summed E-state index contributed by atoms with van der Waals surface area (Å²) in [5.41, 5.74) is 3.92. The molecule has 0 atom stereocenters. The monoisotopic (exact) mass is 795 g/mol. The Hall–Kier alpha value is -4.49. The number of benzene rings is 4. The van der Waals surface area contributed by atoms with Gasteiger partial charge >= 0.3 is 5.97 Å². The highest BCUT2D eigenvalue weighted by Gasteiger charge is 2.39. The molecule has 0 aliphatic rings. The SMILES string of the molecule is CC(C)(C)c1cc(C(C)(CC(=O)OCCOc2ccccc2C(C)(C)c2ccccc2OCCO)c2cc(C(C)(C)C)c(O)c(C(C)(C)C)c2)cc(C(C)(C)C)c1O. The minimum atomic E-state index is -0.915. The van der Waals surface area contributed by atoms with Crippen LogP contribution in [0.15, 0.2) is 72.8 Å². The summed E-state index contributed by atoms with van der Waals surface area (Å²) >= 11 is 0. The molecule has 3 N–H and O–H groups in total. The number of carbonyl (C=O) groups is 1. The second-order valence-corrected chi connectivity index (χ2v) is 20.6. The number of esters is 1. The molecule has 0 aliphatic carbocycles. The molecule has 316 valence electrons. The molecule has 7 nitrogen and oxygen atoms in total. The first kappa shape index (κ1) is 46.2. The van der Waals surface area contributed by atoms with E-state index in [4.69, 9.17) is 14.2 Å². The second-order valence-electron chi connectivity index (χ2n) is 20.6. The minimum Gasteiger partial charge on any atom is -0.507 e. The molecule has 0 aliphatic heterocycles. The highest BCUT2D eigenvalue weighted by Crippen LogP contribution is 2.48. The van der Waals surface area contributed by atoms with Gasteiger partial charge in [0.2, 0.25) is 0 Å². The van der Waals surface area contributed by atoms with Crippen LogP contribution < -0.4 is 9.47 Å². The molecule has 0 spiro atoms. The van der Waals surface area contributed by atoms with Crippen molar-refractivity contribution in [2.24, 2.45) is 0 Å². The molecule has 0 bridgehead atoms. The zero-order valence-corrected chi connectivity index (χ0v) is 37.9. The molecule has 0 saturated carbocycles. The van der Waals surface area contributed by atoms with E-state index in [1.54, 1.807) is 0 Å². The fourth-order valence-electron chi connectivity index (χ4n) is 7.73. The van der Waals surface area contributed by atoms with Crippen LogP contribution in [0.5, 0.6) is 23.0 Å². The van der Waals surface area contributed by atoms with E-state index in [2.05, 4.69) is 104 Å². The van der Waals surface area contributed by atoms with Crippen molar-refractivity contribution >= 4 is 5.97 Å². The van der Waals surface area contributed by atoms with Gasteiger partial charge in [-0.15, -0.1) is 0 Å². The topological polar surface area (TPSA) is 105 Å². The molecule has 0 amide bonds. The van der Waals surface area contributed by atoms with E-state index in [1.165, 1.54) is 0 Å². The van der Waals surface area contributed by atoms with Crippen LogP contribution in [0.1, 0.15) is 155 Å². The van der Waals surface area contributed by atoms with Gasteiger partial charge < -0.3 is 29.5 Å². The molecule has 0 saturated heterocycles. The Morgan fingerprint density at radius 3 is 1.19 bits per heavy atom. The second kappa shape index (κ2) is 17.0. The zero-order valence-electron chi connectivity index (χ0n) is 37.9. The molecule has 4 aromatic rings. The van der Waals surface area contributed by atoms with Gasteiger partial charge in [-0.25, -0.2) is 0 Å². The Bertz CT molecular complexity index is 1910. The van der Waals surface area contributed by atoms with Gasteiger partial charge in [0.05, 0.1) is 13.0 Å². The standard InChI is InChI=1S/C51H70O7/c1-46(2,3)37-28-33(29-38(44(37)54)47(4,5)6)51(15,34-30-39(48(7,8)9)45(55)40(31-34)49(10,11)12)32-43(53)58-27-26-57-42-23-19-17-21-36(42)50(13,14)35-20-16-18-22-41(35)56-25-24-52/h16-23,28-31,52,54-55H,24-27,32H2,1-15H3. The smallest absolute Gasteiger partial charge is 0.307 e. The third-order valence-electron chi connectivity index (χ3n) is 11.3. The molecule has 4 aromatic carbocycles. The van der Waals surface area contributed by atoms with Gasteiger partial charge in [0.15, 0.2) is 0 Å². The number of aliphatic hydroxyl groups is 1. The summed E-state index contributed by atoms with van der Waals surface area (Å²) < 4.78 is 18.2. The van der Waals surface area contributed by atoms with Crippen LogP contribution in [0.3, 0.4) is 0 Å². The summed E-state index contributed by atoms with van der Waals surface area (Å²) in [6.07, 6.45) is 0.0110. The maximum absolute atomic E-state index is 14.2. The average Bonchev–Trinajstić information content (AvgIpc) is 3.10. The number of aromatic hydroxyl groups is 2. The van der Waals surface area contributed by atoms with Crippen molar-refractivity contribution in [3.05, 3.63) is 117 Å². The van der Waals surface area contributed by atoms with E-state index in [9.17, 15) is 20.1 Å². The first-order valence-electron chi connectivity index (χ1n) is 20.6. The average molecular weight is 795 g/mol. The van der Waals surface area contributed by atoms with E-state index in [0.29, 0.717) is 11.5 Å². The number of rotatable bonds is 13. The lowest BCUT2D eigenvalue weighted by molar-refractivity contribution is -0.145. The van der Waals surface area contributed by atoms with Crippen LogP contribution in [-0.2, 0) is 42.0 Å². The number of carbonyl (C=O) groups excluding carboxylic acids is 1. The van der Waals surface area contributed by atoms with E-state index in [-0.39, 0.29) is 72.0 Å². The van der Waals surface area contributed by atoms with Gasteiger partial charge in [0, 0.05) is 22.0 Å². The molecule has 4 rings (SSSR count). The van der Waals surface area contributed by atoms with Crippen LogP contribution in [-0.4, -0.2) is 47.7 Å². The Balaban J connectivity index is 1.74. The van der Waals surface area contributed by atoms with Crippen LogP contribution in [0, 0.1) is 0 Å². The third kappa shape index (κ3) is 10.2. The van der Waals surface area contributed by atoms with E-state index in [1.807, 2.05) is 72.8 Å². The number of hydrogen-bond acceptors (Lipinski definition) is 7. The van der Waals surface area contributed by atoms with Crippen LogP contribution in [0.2, 0.25) is 0 Å². The summed E-state index contributed by atoms with van der Waals surface area (Å²) in [4.78, 5) is 14.2. The predicted octanol–water partition coefficient (Wildman–Crippen LogP) is 11.3. The number of phenols is 2. The van der Waals surface area contributed by atoms with Crippen LogP contribution in [0.4, 0.5) is 0 Å².